The number of nitrogens with zero attached hydrogens (tertiary/aromatic N) is 1. The zero-order chi connectivity index (χ0) is 20.4. The van der Waals surface area contributed by atoms with E-state index >= 15 is 0 Å². The van der Waals surface area contributed by atoms with Gasteiger partial charge in [-0.1, -0.05) is 12.1 Å². The van der Waals surface area contributed by atoms with Gasteiger partial charge >= 0.3 is 0 Å². The number of nitrogens with one attached hydrogen (secondary N) is 1. The Labute approximate surface area is 173 Å². The van der Waals surface area contributed by atoms with Gasteiger partial charge in [-0.25, -0.2) is 0 Å². The molecule has 2 aliphatic heterocycles. The highest BCUT2D eigenvalue weighted by Gasteiger charge is 2.36. The molecule has 2 aromatic rings. The maximum absolute atomic E-state index is 12.9. The molecule has 2 amide bonds. The van der Waals surface area contributed by atoms with Crippen LogP contribution in [0.2, 0.25) is 0 Å². The van der Waals surface area contributed by atoms with Crippen molar-refractivity contribution < 1.29 is 23.8 Å². The SMILES string of the molecule is COc1ccccc1N1CC(C(=O)Nc2cc3c(cc2SC)OCCO3)CC1=O. The number of benzene rings is 2. The van der Waals surface area contributed by atoms with Crippen LogP contribution in [0.3, 0.4) is 0 Å². The molecule has 2 heterocycles. The number of hydrogen-bond donors (Lipinski definition) is 1. The molecule has 0 bridgehead atoms. The van der Waals surface area contributed by atoms with Crippen molar-refractivity contribution in [2.45, 2.75) is 11.3 Å². The standard InChI is InChI=1S/C21H22N2O5S/c1-26-16-6-4-3-5-15(16)23-12-13(9-20(23)24)21(25)22-14-10-17-18(11-19(14)29-2)28-8-7-27-17/h3-6,10-11,13H,7-9,12H2,1-2H3,(H,22,25). The summed E-state index contributed by atoms with van der Waals surface area (Å²) in [6.45, 7) is 1.30. The Morgan fingerprint density at radius 1 is 1.21 bits per heavy atom. The summed E-state index contributed by atoms with van der Waals surface area (Å²) in [7, 11) is 1.56. The molecule has 0 aliphatic carbocycles. The van der Waals surface area contributed by atoms with Crippen LogP contribution in [0.25, 0.3) is 0 Å². The van der Waals surface area contributed by atoms with Crippen LogP contribution in [0, 0.1) is 5.92 Å². The van der Waals surface area contributed by atoms with Gasteiger partial charge in [0.1, 0.15) is 19.0 Å². The number of anilines is 2. The lowest BCUT2D eigenvalue weighted by Gasteiger charge is -2.22. The number of methoxy groups -OCH3 is 1. The van der Waals surface area contributed by atoms with E-state index in [1.165, 1.54) is 11.8 Å². The van der Waals surface area contributed by atoms with Crippen LogP contribution in [0.5, 0.6) is 17.2 Å². The van der Waals surface area contributed by atoms with Gasteiger partial charge in [0, 0.05) is 23.9 Å². The van der Waals surface area contributed by atoms with E-state index in [0.717, 1.165) is 4.90 Å². The van der Waals surface area contributed by atoms with Gasteiger partial charge in [0.2, 0.25) is 11.8 Å². The molecule has 2 aromatic carbocycles. The van der Waals surface area contributed by atoms with Gasteiger partial charge in [0.05, 0.1) is 24.4 Å². The van der Waals surface area contributed by atoms with Crippen LogP contribution in [-0.4, -0.2) is 44.9 Å². The molecule has 2 aliphatic rings. The maximum atomic E-state index is 12.9. The van der Waals surface area contributed by atoms with E-state index in [4.69, 9.17) is 14.2 Å². The molecule has 1 fully saturated rings. The summed E-state index contributed by atoms with van der Waals surface area (Å²) in [6, 6.07) is 11.0. The minimum absolute atomic E-state index is 0.0954. The van der Waals surface area contributed by atoms with Crippen molar-refractivity contribution in [2.75, 3.05) is 43.3 Å². The number of hydrogen-bond acceptors (Lipinski definition) is 6. The van der Waals surface area contributed by atoms with Crippen molar-refractivity contribution >= 4 is 35.0 Å². The van der Waals surface area contributed by atoms with Gasteiger partial charge in [0.25, 0.3) is 0 Å². The molecule has 7 nitrogen and oxygen atoms in total. The average Bonchev–Trinajstić information content (AvgIpc) is 3.14. The maximum Gasteiger partial charge on any atom is 0.229 e. The third-order valence-corrected chi connectivity index (χ3v) is 5.77. The van der Waals surface area contributed by atoms with E-state index in [9.17, 15) is 9.59 Å². The fourth-order valence-electron chi connectivity index (χ4n) is 3.54. The van der Waals surface area contributed by atoms with Crippen LogP contribution >= 0.6 is 11.8 Å². The number of ether oxygens (including phenoxy) is 3. The number of para-hydroxylation sites is 2. The van der Waals surface area contributed by atoms with Crippen molar-refractivity contribution in [2.24, 2.45) is 5.92 Å². The Kier molecular flexibility index (Phi) is 5.53. The lowest BCUT2D eigenvalue weighted by molar-refractivity contribution is -0.122. The number of thioether (sulfide) groups is 1. The Bertz CT molecular complexity index is 949. The van der Waals surface area contributed by atoms with Gasteiger partial charge in [-0.2, -0.15) is 0 Å². The molecular formula is C21H22N2O5S. The summed E-state index contributed by atoms with van der Waals surface area (Å²) < 4.78 is 16.6. The predicted molar refractivity (Wildman–Crippen MR) is 111 cm³/mol. The van der Waals surface area contributed by atoms with Gasteiger partial charge in [-0.15, -0.1) is 11.8 Å². The smallest absolute Gasteiger partial charge is 0.229 e. The highest BCUT2D eigenvalue weighted by molar-refractivity contribution is 7.98. The molecule has 0 saturated carbocycles. The van der Waals surface area contributed by atoms with Gasteiger partial charge < -0.3 is 24.4 Å². The summed E-state index contributed by atoms with van der Waals surface area (Å²) in [5.74, 6) is 1.16. The van der Waals surface area contributed by atoms with Gasteiger partial charge in [0.15, 0.2) is 11.5 Å². The minimum atomic E-state index is -0.449. The number of rotatable bonds is 5. The minimum Gasteiger partial charge on any atom is -0.495 e. The van der Waals surface area contributed by atoms with Crippen LogP contribution in [0.4, 0.5) is 11.4 Å². The summed E-state index contributed by atoms with van der Waals surface area (Å²) in [5, 5.41) is 2.97. The Balaban J connectivity index is 1.52. The molecule has 152 valence electrons. The molecular weight excluding hydrogens is 392 g/mol. The lowest BCUT2D eigenvalue weighted by Crippen LogP contribution is -2.28. The molecule has 1 atom stereocenters. The fourth-order valence-corrected chi connectivity index (χ4v) is 4.10. The van der Waals surface area contributed by atoms with Crippen LogP contribution in [0.15, 0.2) is 41.3 Å². The second-order valence-electron chi connectivity index (χ2n) is 6.76. The summed E-state index contributed by atoms with van der Waals surface area (Å²) in [4.78, 5) is 28.0. The number of carbonyl (C=O) groups excluding carboxylic acids is 2. The van der Waals surface area contributed by atoms with Crippen molar-refractivity contribution in [1.29, 1.82) is 0 Å². The Morgan fingerprint density at radius 2 is 1.93 bits per heavy atom. The highest BCUT2D eigenvalue weighted by atomic mass is 32.2. The van der Waals surface area contributed by atoms with Gasteiger partial charge in [-0.05, 0) is 24.5 Å². The summed E-state index contributed by atoms with van der Waals surface area (Å²) in [5.41, 5.74) is 1.34. The third-order valence-electron chi connectivity index (χ3n) is 4.99. The van der Waals surface area contributed by atoms with Crippen LogP contribution in [-0.2, 0) is 9.59 Å². The van der Waals surface area contributed by atoms with Gasteiger partial charge in [-0.3, -0.25) is 9.59 Å². The van der Waals surface area contributed by atoms with E-state index in [-0.39, 0.29) is 18.2 Å². The van der Waals surface area contributed by atoms with Crippen molar-refractivity contribution in [3.63, 3.8) is 0 Å². The topological polar surface area (TPSA) is 77.1 Å². The first-order valence-corrected chi connectivity index (χ1v) is 10.5. The normalized spacial score (nSPS) is 17.9. The predicted octanol–water partition coefficient (Wildman–Crippen LogP) is 3.18. The lowest BCUT2D eigenvalue weighted by atomic mass is 10.1. The Morgan fingerprint density at radius 3 is 2.66 bits per heavy atom. The van der Waals surface area contributed by atoms with E-state index < -0.39 is 5.92 Å². The van der Waals surface area contributed by atoms with E-state index in [2.05, 4.69) is 5.32 Å². The number of fused-ring (bicyclic) bond motifs is 1. The molecule has 1 saturated heterocycles. The second-order valence-corrected chi connectivity index (χ2v) is 7.61. The molecule has 8 heteroatoms. The third kappa shape index (κ3) is 3.85. The van der Waals surface area contributed by atoms with Crippen molar-refractivity contribution in [1.82, 2.24) is 0 Å². The molecule has 0 aromatic heterocycles. The zero-order valence-electron chi connectivity index (χ0n) is 16.3. The largest absolute Gasteiger partial charge is 0.495 e. The average molecular weight is 414 g/mol. The van der Waals surface area contributed by atoms with Crippen molar-refractivity contribution in [3.8, 4) is 17.2 Å². The first-order valence-electron chi connectivity index (χ1n) is 9.32. The first-order chi connectivity index (χ1) is 14.1. The molecule has 29 heavy (non-hydrogen) atoms. The van der Waals surface area contributed by atoms with E-state index in [1.807, 2.05) is 30.5 Å². The highest BCUT2D eigenvalue weighted by Crippen LogP contribution is 2.40. The summed E-state index contributed by atoms with van der Waals surface area (Å²) in [6.07, 6.45) is 2.09. The van der Waals surface area contributed by atoms with E-state index in [0.29, 0.717) is 48.4 Å². The molecule has 0 radical (unpaired) electrons. The molecule has 1 unspecified atom stereocenters. The van der Waals surface area contributed by atoms with E-state index in [1.54, 1.807) is 24.1 Å². The fraction of sp³-hybridized carbons (Fsp3) is 0.333. The number of carbonyl (C=O) groups is 2. The zero-order valence-corrected chi connectivity index (χ0v) is 17.1. The van der Waals surface area contributed by atoms with Crippen LogP contribution < -0.4 is 24.4 Å². The van der Waals surface area contributed by atoms with Crippen molar-refractivity contribution in [3.05, 3.63) is 36.4 Å². The second kappa shape index (κ2) is 8.24. The van der Waals surface area contributed by atoms with Crippen LogP contribution in [0.1, 0.15) is 6.42 Å². The quantitative estimate of drug-likeness (QED) is 0.758. The summed E-state index contributed by atoms with van der Waals surface area (Å²) >= 11 is 1.51. The Hall–Kier alpha value is -2.87. The monoisotopic (exact) mass is 414 g/mol. The first kappa shape index (κ1) is 19.4. The molecule has 4 rings (SSSR count). The number of amides is 2. The molecule has 0 spiro atoms. The molecule has 1 N–H and O–H groups in total.